The molecule has 0 spiro atoms. The summed E-state index contributed by atoms with van der Waals surface area (Å²) < 4.78 is 0. The lowest BCUT2D eigenvalue weighted by molar-refractivity contribution is -0.0155. The van der Waals surface area contributed by atoms with Gasteiger partial charge in [-0.1, -0.05) is 19.4 Å². The number of nitrogens with two attached hydrogens (primary N) is 2. The molecule has 3 saturated carbocycles. The maximum absolute atomic E-state index is 11.1. The van der Waals surface area contributed by atoms with Gasteiger partial charge in [0.15, 0.2) is 0 Å². The second kappa shape index (κ2) is 7.15. The van der Waals surface area contributed by atoms with E-state index in [1.807, 2.05) is 0 Å². The van der Waals surface area contributed by atoms with Crippen molar-refractivity contribution in [1.82, 2.24) is 10.9 Å². The van der Waals surface area contributed by atoms with Gasteiger partial charge in [-0.15, -0.1) is 0 Å². The van der Waals surface area contributed by atoms with Crippen molar-refractivity contribution in [2.75, 3.05) is 0 Å². The van der Waals surface area contributed by atoms with Gasteiger partial charge in [0, 0.05) is 11.1 Å². The topological polar surface area (TPSA) is 135 Å². The molecule has 3 fully saturated rings. The van der Waals surface area contributed by atoms with Crippen LogP contribution in [-0.4, -0.2) is 23.5 Å². The van der Waals surface area contributed by atoms with Crippen LogP contribution in [0.4, 0.5) is 9.59 Å². The Morgan fingerprint density at radius 2 is 1.62 bits per heavy atom. The molecule has 8 nitrogen and oxygen atoms in total. The zero-order valence-electron chi connectivity index (χ0n) is 17.3. The van der Waals surface area contributed by atoms with E-state index < -0.39 is 12.1 Å². The standard InChI is InChI=1S/C21H32N6O2/c1-20-9-7-13(24-26-18(22)28)11-12(20)3-4-14-15-5-6-17(25-27-19(23)29)21(15,2)10-8-16(14)20/h11,14-16H,3-10H2,1-2H3,(H3,22,26,28)(H3,23,27,29)/b24-13+,25-17+/t14-,15-,16-,20+,21+/m1/s1. The molecule has 4 rings (SSSR count). The SMILES string of the molecule is C[C@]12CC/C(=N\NC(N)=O)C=C1CC[C@H]1[C@H]2CC[C@]2(C)/C(=N/NC(N)=O)CC[C@H]12. The molecule has 0 unspecified atom stereocenters. The summed E-state index contributed by atoms with van der Waals surface area (Å²) in [6.45, 7) is 4.76. The molecule has 29 heavy (non-hydrogen) atoms. The predicted molar refractivity (Wildman–Crippen MR) is 112 cm³/mol. The maximum atomic E-state index is 11.1. The molecule has 5 atom stereocenters. The molecule has 0 radical (unpaired) electrons. The molecule has 6 N–H and O–H groups in total. The maximum Gasteiger partial charge on any atom is 0.332 e. The van der Waals surface area contributed by atoms with Crippen LogP contribution in [0, 0.1) is 28.6 Å². The van der Waals surface area contributed by atoms with E-state index in [0.29, 0.717) is 17.8 Å². The van der Waals surface area contributed by atoms with Gasteiger partial charge in [-0.05, 0) is 80.6 Å². The Morgan fingerprint density at radius 1 is 0.931 bits per heavy atom. The summed E-state index contributed by atoms with van der Waals surface area (Å²) in [7, 11) is 0. The van der Waals surface area contributed by atoms with Crippen LogP contribution < -0.4 is 22.3 Å². The van der Waals surface area contributed by atoms with Gasteiger partial charge in [0.1, 0.15) is 0 Å². The van der Waals surface area contributed by atoms with Crippen LogP contribution in [0.1, 0.15) is 65.2 Å². The van der Waals surface area contributed by atoms with Crippen molar-refractivity contribution in [1.29, 1.82) is 0 Å². The van der Waals surface area contributed by atoms with Crippen LogP contribution >= 0.6 is 0 Å². The minimum atomic E-state index is -0.621. The van der Waals surface area contributed by atoms with E-state index in [-0.39, 0.29) is 10.8 Å². The van der Waals surface area contributed by atoms with Crippen LogP contribution in [-0.2, 0) is 0 Å². The molecular weight excluding hydrogens is 368 g/mol. The summed E-state index contributed by atoms with van der Waals surface area (Å²) in [5.41, 5.74) is 19.0. The predicted octanol–water partition coefficient (Wildman–Crippen LogP) is 3.00. The molecule has 0 aromatic heterocycles. The third kappa shape index (κ3) is 3.32. The first kappa shape index (κ1) is 19.9. The number of carbonyl (C=O) groups is 2. The van der Waals surface area contributed by atoms with E-state index >= 15 is 0 Å². The van der Waals surface area contributed by atoms with Crippen molar-refractivity contribution in [2.45, 2.75) is 65.2 Å². The number of hydrogen-bond donors (Lipinski definition) is 4. The fraction of sp³-hybridized carbons (Fsp3) is 0.714. The van der Waals surface area contributed by atoms with Gasteiger partial charge in [-0.3, -0.25) is 0 Å². The van der Waals surface area contributed by atoms with Gasteiger partial charge in [-0.25, -0.2) is 20.4 Å². The number of fused-ring (bicyclic) bond motifs is 5. The molecule has 0 aromatic rings. The number of allylic oxidation sites excluding steroid dienone is 2. The lowest BCUT2D eigenvalue weighted by atomic mass is 9.47. The smallest absolute Gasteiger partial charge is 0.332 e. The number of urea groups is 2. The zero-order chi connectivity index (χ0) is 20.8. The van der Waals surface area contributed by atoms with E-state index in [2.05, 4.69) is 41.0 Å². The fourth-order valence-electron chi connectivity index (χ4n) is 6.88. The highest BCUT2D eigenvalue weighted by molar-refractivity contribution is 5.97. The summed E-state index contributed by atoms with van der Waals surface area (Å²) in [6, 6.07) is -1.22. The van der Waals surface area contributed by atoms with Crippen molar-refractivity contribution >= 4 is 23.5 Å². The highest BCUT2D eigenvalue weighted by Gasteiger charge is 2.58. The fourth-order valence-corrected chi connectivity index (χ4v) is 6.88. The molecule has 8 heteroatoms. The average Bonchev–Trinajstić information content (AvgIpc) is 3.01. The lowest BCUT2D eigenvalue weighted by Crippen LogP contribution is -2.50. The minimum absolute atomic E-state index is 0.0634. The van der Waals surface area contributed by atoms with Crippen LogP contribution in [0.2, 0.25) is 0 Å². The Balaban J connectivity index is 1.57. The van der Waals surface area contributed by atoms with Crippen molar-refractivity contribution in [3.63, 3.8) is 0 Å². The summed E-state index contributed by atoms with van der Waals surface area (Å²) in [6.07, 6.45) is 10.7. The van der Waals surface area contributed by atoms with Gasteiger partial charge in [0.25, 0.3) is 0 Å². The van der Waals surface area contributed by atoms with Crippen LogP contribution in [0.5, 0.6) is 0 Å². The van der Waals surface area contributed by atoms with Crippen molar-refractivity contribution < 1.29 is 9.59 Å². The Bertz CT molecular complexity index is 818. The molecule has 0 heterocycles. The monoisotopic (exact) mass is 400 g/mol. The Kier molecular flexibility index (Phi) is 4.91. The van der Waals surface area contributed by atoms with Gasteiger partial charge in [-0.2, -0.15) is 10.2 Å². The quantitative estimate of drug-likeness (QED) is 0.530. The first-order valence-corrected chi connectivity index (χ1v) is 10.7. The minimum Gasteiger partial charge on any atom is -0.350 e. The van der Waals surface area contributed by atoms with Gasteiger partial charge in [0.05, 0.1) is 5.71 Å². The highest BCUT2D eigenvalue weighted by atomic mass is 16.2. The molecule has 4 aliphatic carbocycles. The first-order chi connectivity index (χ1) is 13.7. The third-order valence-electron chi connectivity index (χ3n) is 8.33. The summed E-state index contributed by atoms with van der Waals surface area (Å²) in [5, 5.41) is 8.55. The normalized spacial score (nSPS) is 41.2. The number of amides is 4. The summed E-state index contributed by atoms with van der Waals surface area (Å²) in [5.74, 6) is 1.95. The van der Waals surface area contributed by atoms with E-state index in [1.165, 1.54) is 18.4 Å². The molecule has 0 aliphatic heterocycles. The first-order valence-electron chi connectivity index (χ1n) is 10.7. The zero-order valence-corrected chi connectivity index (χ0v) is 17.3. The van der Waals surface area contributed by atoms with Crippen LogP contribution in [0.25, 0.3) is 0 Å². The Morgan fingerprint density at radius 3 is 2.34 bits per heavy atom. The van der Waals surface area contributed by atoms with E-state index in [1.54, 1.807) is 0 Å². The molecule has 0 saturated heterocycles. The molecule has 158 valence electrons. The summed E-state index contributed by atoms with van der Waals surface area (Å²) >= 11 is 0. The molecule has 0 bridgehead atoms. The van der Waals surface area contributed by atoms with E-state index in [4.69, 9.17) is 11.5 Å². The number of carbonyl (C=O) groups excluding carboxylic acids is 2. The van der Waals surface area contributed by atoms with Gasteiger partial charge < -0.3 is 11.5 Å². The van der Waals surface area contributed by atoms with Crippen molar-refractivity contribution in [3.8, 4) is 0 Å². The molecular formula is C21H32N6O2. The number of hydrogen-bond acceptors (Lipinski definition) is 4. The van der Waals surface area contributed by atoms with Crippen molar-refractivity contribution in [3.05, 3.63) is 11.6 Å². The molecule has 0 aromatic carbocycles. The van der Waals surface area contributed by atoms with Crippen molar-refractivity contribution in [2.24, 2.45) is 50.3 Å². The van der Waals surface area contributed by atoms with E-state index in [0.717, 1.165) is 49.9 Å². The van der Waals surface area contributed by atoms with Crippen LogP contribution in [0.15, 0.2) is 21.9 Å². The summed E-state index contributed by atoms with van der Waals surface area (Å²) in [4.78, 5) is 22.1. The second-order valence-corrected chi connectivity index (χ2v) is 9.61. The number of rotatable bonds is 2. The average molecular weight is 401 g/mol. The number of primary amides is 2. The molecule has 4 amide bonds. The van der Waals surface area contributed by atoms with Gasteiger partial charge >= 0.3 is 12.1 Å². The number of nitrogens with zero attached hydrogens (tertiary/aromatic N) is 2. The number of hydrazone groups is 2. The van der Waals surface area contributed by atoms with Gasteiger partial charge in [0.2, 0.25) is 0 Å². The third-order valence-corrected chi connectivity index (χ3v) is 8.33. The second-order valence-electron chi connectivity index (χ2n) is 9.61. The Hall–Kier alpha value is -2.38. The highest BCUT2D eigenvalue weighted by Crippen LogP contribution is 2.64. The van der Waals surface area contributed by atoms with Crippen LogP contribution in [0.3, 0.4) is 0 Å². The largest absolute Gasteiger partial charge is 0.350 e. The number of nitrogens with one attached hydrogen (secondary N) is 2. The lowest BCUT2D eigenvalue weighted by Gasteiger charge is -2.57. The molecule has 4 aliphatic rings. The Labute approximate surface area is 171 Å². The van der Waals surface area contributed by atoms with E-state index in [9.17, 15) is 9.59 Å².